The molecule has 0 saturated heterocycles. The zero-order chi connectivity index (χ0) is 24.1. The van der Waals surface area contributed by atoms with Crippen LogP contribution in [0.15, 0.2) is 72.8 Å². The topological polar surface area (TPSA) is 94.8 Å². The molecule has 0 fully saturated rings. The molecule has 0 atom stereocenters. The van der Waals surface area contributed by atoms with Gasteiger partial charge in [-0.25, -0.2) is 4.98 Å². The lowest BCUT2D eigenvalue weighted by atomic mass is 10.2. The standard InChI is InChI=1S/C25H21N3O5S/c1-32-20-13-14-21(33-2)24-23(20)26-25(34-24)27(16-18-6-4-3-5-7-18)22(29)15-10-17-8-11-19(12-9-17)28(30)31/h3-15H,16H2,1-2H3/b15-10+. The molecule has 0 N–H and O–H groups in total. The number of rotatable bonds is 8. The van der Waals surface area contributed by atoms with Crippen molar-refractivity contribution in [2.75, 3.05) is 19.1 Å². The highest BCUT2D eigenvalue weighted by molar-refractivity contribution is 7.22. The molecule has 4 aromatic rings. The summed E-state index contributed by atoms with van der Waals surface area (Å²) in [6.45, 7) is 0.314. The predicted molar refractivity (Wildman–Crippen MR) is 132 cm³/mol. The number of methoxy groups -OCH3 is 2. The number of carbonyl (C=O) groups excluding carboxylic acids is 1. The van der Waals surface area contributed by atoms with Crippen molar-refractivity contribution in [1.29, 1.82) is 0 Å². The summed E-state index contributed by atoms with van der Waals surface area (Å²) in [5.74, 6) is 0.958. The minimum absolute atomic E-state index is 0.00782. The van der Waals surface area contributed by atoms with Crippen molar-refractivity contribution in [2.24, 2.45) is 0 Å². The Morgan fingerprint density at radius 1 is 1.03 bits per heavy atom. The smallest absolute Gasteiger partial charge is 0.269 e. The Bertz CT molecular complexity index is 1310. The van der Waals surface area contributed by atoms with Crippen LogP contribution in [0.5, 0.6) is 11.5 Å². The quantitative estimate of drug-likeness (QED) is 0.191. The number of benzene rings is 3. The monoisotopic (exact) mass is 475 g/mol. The van der Waals surface area contributed by atoms with E-state index in [0.29, 0.717) is 34.3 Å². The van der Waals surface area contributed by atoms with Gasteiger partial charge in [0.15, 0.2) is 5.13 Å². The van der Waals surface area contributed by atoms with Gasteiger partial charge in [0.2, 0.25) is 0 Å². The summed E-state index contributed by atoms with van der Waals surface area (Å²) in [5, 5.41) is 11.4. The van der Waals surface area contributed by atoms with Gasteiger partial charge in [0, 0.05) is 18.2 Å². The third kappa shape index (κ3) is 4.89. The van der Waals surface area contributed by atoms with E-state index in [9.17, 15) is 14.9 Å². The number of thiazole rings is 1. The van der Waals surface area contributed by atoms with Gasteiger partial charge in [0.25, 0.3) is 11.6 Å². The summed E-state index contributed by atoms with van der Waals surface area (Å²) in [4.78, 5) is 30.0. The van der Waals surface area contributed by atoms with Crippen LogP contribution in [0.2, 0.25) is 0 Å². The molecule has 0 unspecified atom stereocenters. The lowest BCUT2D eigenvalue weighted by Crippen LogP contribution is -2.28. The van der Waals surface area contributed by atoms with Gasteiger partial charge in [0.05, 0.1) is 25.7 Å². The fourth-order valence-electron chi connectivity index (χ4n) is 3.36. The Morgan fingerprint density at radius 2 is 1.71 bits per heavy atom. The lowest BCUT2D eigenvalue weighted by molar-refractivity contribution is -0.384. The lowest BCUT2D eigenvalue weighted by Gasteiger charge is -2.18. The maximum absolute atomic E-state index is 13.3. The van der Waals surface area contributed by atoms with Crippen molar-refractivity contribution in [3.05, 3.63) is 94.0 Å². The molecular weight excluding hydrogens is 454 g/mol. The number of anilines is 1. The second-order valence-corrected chi connectivity index (χ2v) is 8.21. The third-order valence-electron chi connectivity index (χ3n) is 5.10. The number of aromatic nitrogens is 1. The molecule has 9 heteroatoms. The minimum atomic E-state index is -0.462. The first kappa shape index (κ1) is 22.9. The molecule has 1 aromatic heterocycles. The number of amides is 1. The Morgan fingerprint density at radius 3 is 2.35 bits per heavy atom. The first-order valence-electron chi connectivity index (χ1n) is 10.3. The summed E-state index contributed by atoms with van der Waals surface area (Å²) in [6, 6.07) is 19.2. The largest absolute Gasteiger partial charge is 0.495 e. The summed E-state index contributed by atoms with van der Waals surface area (Å²) in [6.07, 6.45) is 3.06. The number of nitro groups is 1. The zero-order valence-electron chi connectivity index (χ0n) is 18.5. The van der Waals surface area contributed by atoms with Crippen molar-refractivity contribution >= 4 is 44.4 Å². The average molecular weight is 476 g/mol. The van der Waals surface area contributed by atoms with Gasteiger partial charge in [-0.2, -0.15) is 0 Å². The van der Waals surface area contributed by atoms with E-state index in [1.165, 1.54) is 29.5 Å². The van der Waals surface area contributed by atoms with Crippen LogP contribution in [0.1, 0.15) is 11.1 Å². The second kappa shape index (κ2) is 10.1. The Kier molecular flexibility index (Phi) is 6.84. The first-order valence-corrected chi connectivity index (χ1v) is 11.1. The van der Waals surface area contributed by atoms with Crippen molar-refractivity contribution in [3.63, 3.8) is 0 Å². The van der Waals surface area contributed by atoms with Crippen LogP contribution in [0.4, 0.5) is 10.8 Å². The number of non-ortho nitro benzene ring substituents is 1. The van der Waals surface area contributed by atoms with Crippen LogP contribution in [-0.2, 0) is 11.3 Å². The molecule has 8 nitrogen and oxygen atoms in total. The number of ether oxygens (including phenoxy) is 2. The molecule has 0 aliphatic carbocycles. The van der Waals surface area contributed by atoms with Gasteiger partial charge in [-0.15, -0.1) is 0 Å². The second-order valence-electron chi connectivity index (χ2n) is 7.24. The molecule has 1 amide bonds. The molecule has 172 valence electrons. The highest BCUT2D eigenvalue weighted by Gasteiger charge is 2.21. The fraction of sp³-hybridized carbons (Fsp3) is 0.120. The Balaban J connectivity index is 1.70. The van der Waals surface area contributed by atoms with Crippen LogP contribution in [0, 0.1) is 10.1 Å². The van der Waals surface area contributed by atoms with Crippen LogP contribution < -0.4 is 14.4 Å². The Labute approximate surface area is 199 Å². The highest BCUT2D eigenvalue weighted by atomic mass is 32.1. The summed E-state index contributed by atoms with van der Waals surface area (Å²) in [5.41, 5.74) is 2.22. The molecule has 1 heterocycles. The number of carbonyl (C=O) groups is 1. The molecular formula is C25H21N3O5S. The molecule has 0 spiro atoms. The number of fused-ring (bicyclic) bond motifs is 1. The van der Waals surface area contributed by atoms with Crippen LogP contribution in [0.25, 0.3) is 16.3 Å². The van der Waals surface area contributed by atoms with E-state index in [0.717, 1.165) is 10.3 Å². The SMILES string of the molecule is COc1ccc(OC)c2sc(N(Cc3ccccc3)C(=O)/C=C/c3ccc([N+](=O)[O-])cc3)nc12. The number of hydrogen-bond acceptors (Lipinski definition) is 7. The molecule has 0 radical (unpaired) electrons. The van der Waals surface area contributed by atoms with Crippen LogP contribution in [0.3, 0.4) is 0 Å². The molecule has 34 heavy (non-hydrogen) atoms. The van der Waals surface area contributed by atoms with E-state index in [1.54, 1.807) is 49.5 Å². The normalized spacial score (nSPS) is 11.0. The highest BCUT2D eigenvalue weighted by Crippen LogP contribution is 2.40. The fourth-order valence-corrected chi connectivity index (χ4v) is 4.44. The predicted octanol–water partition coefficient (Wildman–Crippen LogP) is 5.47. The number of nitro benzene ring substituents is 1. The van der Waals surface area contributed by atoms with E-state index in [4.69, 9.17) is 14.5 Å². The van der Waals surface area contributed by atoms with E-state index in [1.807, 2.05) is 30.3 Å². The maximum Gasteiger partial charge on any atom is 0.269 e. The van der Waals surface area contributed by atoms with Crippen LogP contribution >= 0.6 is 11.3 Å². The van der Waals surface area contributed by atoms with Gasteiger partial charge in [-0.3, -0.25) is 19.8 Å². The minimum Gasteiger partial charge on any atom is -0.495 e. The Hall–Kier alpha value is -4.24. The van der Waals surface area contributed by atoms with E-state index >= 15 is 0 Å². The van der Waals surface area contributed by atoms with Gasteiger partial charge >= 0.3 is 0 Å². The molecule has 3 aromatic carbocycles. The van der Waals surface area contributed by atoms with Crippen molar-refractivity contribution in [3.8, 4) is 11.5 Å². The van der Waals surface area contributed by atoms with Gasteiger partial charge < -0.3 is 9.47 Å². The van der Waals surface area contributed by atoms with Gasteiger partial charge in [-0.1, -0.05) is 41.7 Å². The van der Waals surface area contributed by atoms with Gasteiger partial charge in [-0.05, 0) is 41.5 Å². The first-order chi connectivity index (χ1) is 16.5. The summed E-state index contributed by atoms with van der Waals surface area (Å²) in [7, 11) is 3.15. The van der Waals surface area contributed by atoms with E-state index in [2.05, 4.69) is 0 Å². The van der Waals surface area contributed by atoms with Crippen molar-refractivity contribution < 1.29 is 19.2 Å². The van der Waals surface area contributed by atoms with Gasteiger partial charge in [0.1, 0.15) is 21.7 Å². The third-order valence-corrected chi connectivity index (χ3v) is 6.19. The molecule has 0 aliphatic rings. The molecule has 0 bridgehead atoms. The summed E-state index contributed by atoms with van der Waals surface area (Å²) < 4.78 is 11.7. The average Bonchev–Trinajstić information content (AvgIpc) is 3.31. The zero-order valence-corrected chi connectivity index (χ0v) is 19.3. The summed E-state index contributed by atoms with van der Waals surface area (Å²) >= 11 is 1.34. The maximum atomic E-state index is 13.3. The number of nitrogens with zero attached hydrogens (tertiary/aromatic N) is 3. The van der Waals surface area contributed by atoms with Crippen LogP contribution in [-0.4, -0.2) is 30.0 Å². The number of hydrogen-bond donors (Lipinski definition) is 0. The van der Waals surface area contributed by atoms with E-state index < -0.39 is 4.92 Å². The van der Waals surface area contributed by atoms with E-state index in [-0.39, 0.29) is 11.6 Å². The van der Waals surface area contributed by atoms with Crippen molar-refractivity contribution in [1.82, 2.24) is 4.98 Å². The molecule has 0 saturated carbocycles. The molecule has 4 rings (SSSR count). The molecule has 0 aliphatic heterocycles. The van der Waals surface area contributed by atoms with Crippen molar-refractivity contribution in [2.45, 2.75) is 6.54 Å².